The minimum absolute atomic E-state index is 0.0847. The normalized spacial score (nSPS) is 21.5. The molecule has 1 heterocycles. The molecule has 11 amide bonds. The van der Waals surface area contributed by atoms with Gasteiger partial charge in [0.25, 0.3) is 50.6 Å². The maximum absolute atomic E-state index is 14.9. The lowest BCUT2D eigenvalue weighted by atomic mass is 9.99. The molecule has 1 aliphatic heterocycles. The summed E-state index contributed by atoms with van der Waals surface area (Å²) in [6, 6.07) is -18.5. The highest BCUT2D eigenvalue weighted by molar-refractivity contribution is 7.86. The lowest BCUT2D eigenvalue weighted by Gasteiger charge is -2.29. The summed E-state index contributed by atoms with van der Waals surface area (Å²) >= 11 is 0. The molecule has 13 atom stereocenters. The van der Waals surface area contributed by atoms with Gasteiger partial charge in [-0.15, -0.1) is 0 Å². The Hall–Kier alpha value is -6.56. The quantitative estimate of drug-likeness (QED) is 0.0199. The van der Waals surface area contributed by atoms with E-state index >= 15 is 0 Å². The van der Waals surface area contributed by atoms with Crippen molar-refractivity contribution < 1.29 is 128 Å². The zero-order valence-corrected chi connectivity index (χ0v) is 65.0. The molecule has 1 fully saturated rings. The van der Waals surface area contributed by atoms with Gasteiger partial charge in [0.05, 0.1) is 12.2 Å². The van der Waals surface area contributed by atoms with E-state index in [9.17, 15) is 128 Å². The summed E-state index contributed by atoms with van der Waals surface area (Å²) in [7, 11) is -23.5. The van der Waals surface area contributed by atoms with Gasteiger partial charge in [-0.05, 0) is 122 Å². The van der Waals surface area contributed by atoms with Crippen molar-refractivity contribution in [2.75, 3.05) is 68.7 Å². The third-order valence-electron chi connectivity index (χ3n) is 15.9. The predicted molar refractivity (Wildman–Crippen MR) is 382 cm³/mol. The lowest BCUT2D eigenvalue weighted by Crippen LogP contribution is -2.62. The maximum Gasteiger partial charge on any atom is 0.278 e. The van der Waals surface area contributed by atoms with Gasteiger partial charge in [-0.1, -0.05) is 60.8 Å². The van der Waals surface area contributed by atoms with Crippen LogP contribution in [0.15, 0.2) is 0 Å². The average Bonchev–Trinajstić information content (AvgIpc) is 1.17. The number of aliphatic hydroxyl groups excluding tert-OH is 2. The Balaban J connectivity index is 4.33. The Labute approximate surface area is 623 Å². The second kappa shape index (κ2) is 48.2. The Bertz CT molecular complexity index is 3520. The number of rotatable bonds is 44. The third-order valence-corrected chi connectivity index (χ3v) is 18.7. The lowest BCUT2D eigenvalue weighted by molar-refractivity contribution is -0.137. The largest absolute Gasteiger partial charge is 0.391 e. The molecule has 13 unspecified atom stereocenters. The van der Waals surface area contributed by atoms with Crippen LogP contribution in [-0.2, 0) is 103 Å². The van der Waals surface area contributed by atoms with Crippen LogP contribution in [0.25, 0.3) is 0 Å². The summed E-state index contributed by atoms with van der Waals surface area (Å²) < 4.78 is 163. The maximum atomic E-state index is 14.9. The molecule has 0 saturated carbocycles. The first-order valence-corrected chi connectivity index (χ1v) is 42.4. The topological polar surface area (TPSA) is 693 Å². The van der Waals surface area contributed by atoms with E-state index in [1.165, 1.54) is 0 Å². The molecular formula is C58H110N16O28S5. The summed E-state index contributed by atoms with van der Waals surface area (Å²) in [4.78, 5) is 158. The molecule has 23 N–H and O–H groups in total. The van der Waals surface area contributed by atoms with Gasteiger partial charge in [-0.2, -0.15) is 42.1 Å². The van der Waals surface area contributed by atoms with Crippen LogP contribution in [-0.4, -0.2) is 281 Å². The van der Waals surface area contributed by atoms with E-state index in [0.717, 1.165) is 26.7 Å². The zero-order chi connectivity index (χ0) is 81.8. The van der Waals surface area contributed by atoms with Gasteiger partial charge in [0.15, 0.2) is 0 Å². The number of aliphatic hydroxyl groups is 2. The first kappa shape index (κ1) is 98.4. The number of carbonyl (C=O) groups excluding carboxylic acids is 11. The molecule has 1 rings (SSSR count). The highest BCUT2D eigenvalue weighted by Crippen LogP contribution is 2.15. The Morgan fingerprint density at radius 3 is 1.18 bits per heavy atom. The summed E-state index contributed by atoms with van der Waals surface area (Å²) in [5, 5.41) is 59.7. The first-order valence-electron chi connectivity index (χ1n) is 34.4. The minimum atomic E-state index is -4.77. The van der Waals surface area contributed by atoms with Crippen molar-refractivity contribution in [2.45, 2.75) is 211 Å². The fraction of sp³-hybridized carbons (Fsp3) is 0.810. The fourth-order valence-electron chi connectivity index (χ4n) is 10.2. The van der Waals surface area contributed by atoms with Crippen LogP contribution in [0.3, 0.4) is 0 Å². The average molecular weight is 1640 g/mol. The molecule has 0 spiro atoms. The van der Waals surface area contributed by atoms with Gasteiger partial charge >= 0.3 is 0 Å². The molecule has 0 aromatic carbocycles. The highest BCUT2D eigenvalue weighted by atomic mass is 32.2. The third kappa shape index (κ3) is 45.3. The monoisotopic (exact) mass is 1640 g/mol. The fourth-order valence-corrected chi connectivity index (χ4v) is 12.2. The Morgan fingerprint density at radius 1 is 0.439 bits per heavy atom. The van der Waals surface area contributed by atoms with Gasteiger partial charge in [-0.3, -0.25) is 75.5 Å². The SMILES string of the molecule is CCC(C)CCCCC(=O)NC(CCNCS(=O)(=O)O)C(=O)NC(C(=O)NC(CCNCS(=O)(=O)O)C(=O)NC1CCNC(=O)C(C(C)O)NC(=O)C(CCNCS(=O)(=O)O)NC(=O)C(CCNCS(=O)(=O)O)NC(=O)C(CC(C)C)NC(=O)C(CC(C)C)NC(=O)C(CCNCS(=O)(=O)O)NC1=O)C(C)O. The Morgan fingerprint density at radius 2 is 0.804 bits per heavy atom. The summed E-state index contributed by atoms with van der Waals surface area (Å²) in [6.45, 7) is 9.25. The van der Waals surface area contributed by atoms with Crippen LogP contribution in [0.4, 0.5) is 0 Å². The van der Waals surface area contributed by atoms with Crippen LogP contribution in [0, 0.1) is 17.8 Å². The summed E-state index contributed by atoms with van der Waals surface area (Å²) in [5.74, 6) is -19.1. The van der Waals surface area contributed by atoms with Crippen LogP contribution >= 0.6 is 0 Å². The van der Waals surface area contributed by atoms with Gasteiger partial charge in [0, 0.05) is 13.0 Å². The van der Waals surface area contributed by atoms with Crippen LogP contribution in [0.1, 0.15) is 139 Å². The van der Waals surface area contributed by atoms with E-state index < -0.39 is 294 Å². The molecule has 620 valence electrons. The predicted octanol–water partition coefficient (Wildman–Crippen LogP) is -8.06. The van der Waals surface area contributed by atoms with Crippen LogP contribution < -0.4 is 85.1 Å². The second-order valence-electron chi connectivity index (χ2n) is 26.7. The van der Waals surface area contributed by atoms with Crippen molar-refractivity contribution in [1.82, 2.24) is 85.1 Å². The van der Waals surface area contributed by atoms with Crippen molar-refractivity contribution in [1.29, 1.82) is 0 Å². The van der Waals surface area contributed by atoms with E-state index in [4.69, 9.17) is 0 Å². The minimum Gasteiger partial charge on any atom is -0.391 e. The number of hydrogen-bond donors (Lipinski definition) is 23. The molecule has 44 nitrogen and oxygen atoms in total. The number of nitrogens with one attached hydrogen (secondary N) is 16. The van der Waals surface area contributed by atoms with Crippen molar-refractivity contribution in [3.05, 3.63) is 0 Å². The van der Waals surface area contributed by atoms with E-state index in [1.807, 2.05) is 13.8 Å². The smallest absolute Gasteiger partial charge is 0.278 e. The highest BCUT2D eigenvalue weighted by Gasteiger charge is 2.38. The van der Waals surface area contributed by atoms with E-state index in [0.29, 0.717) is 18.8 Å². The number of amides is 11. The molecule has 1 aliphatic rings. The molecule has 0 aromatic rings. The molecular weight excluding hydrogens is 1530 g/mol. The van der Waals surface area contributed by atoms with Crippen molar-refractivity contribution in [3.63, 3.8) is 0 Å². The molecule has 49 heteroatoms. The van der Waals surface area contributed by atoms with Gasteiger partial charge in [-0.25, -0.2) is 0 Å². The number of hydrogen-bond acceptors (Lipinski definition) is 28. The van der Waals surface area contributed by atoms with E-state index in [2.05, 4.69) is 85.1 Å². The molecule has 107 heavy (non-hydrogen) atoms. The van der Waals surface area contributed by atoms with Gasteiger partial charge in [0.2, 0.25) is 65.0 Å². The van der Waals surface area contributed by atoms with Crippen molar-refractivity contribution in [3.8, 4) is 0 Å². The Kier molecular flexibility index (Phi) is 44.3. The van der Waals surface area contributed by atoms with E-state index in [-0.39, 0.29) is 32.2 Å². The van der Waals surface area contributed by atoms with E-state index in [1.54, 1.807) is 27.7 Å². The number of carbonyl (C=O) groups is 11. The van der Waals surface area contributed by atoms with Crippen molar-refractivity contribution in [2.24, 2.45) is 17.8 Å². The standard InChI is InChI=1S/C58H110N16O28S5/c1-9-35(6)12-10-11-13-46(77)65-38(14-20-59-28-103(88,89)90)53(82)74-48(37(8)76)58(87)70-41(17-23-62-31-106(97,98)99)50(79)68-43-19-25-64-57(86)47(36(7)75)73-54(83)42(18-24-63-32-107(100,101)102)67-49(78)39(15-21-60-29-104(91,92)93)69-55(84)44(26-33(2)3)72-56(85)45(27-34(4)5)71-52(81)40(66-51(43)80)16-22-61-30-105(94,95)96/h33-45,47-48,59-63,75-76H,9-32H2,1-8H3,(H,64,86)(H,65,77)(H,66,80)(H,67,78)(H,68,79)(H,69,84)(H,70,87)(H,71,81)(H,72,85)(H,73,83)(H,74,82)(H,88,89,90)(H,91,92,93)(H,94,95,96)(H,97,98,99)(H,100,101,102). The number of unbranched alkanes of at least 4 members (excludes halogenated alkanes) is 1. The molecule has 1 saturated heterocycles. The summed E-state index contributed by atoms with van der Waals surface area (Å²) in [5.41, 5.74) is 0. The van der Waals surface area contributed by atoms with Crippen LogP contribution in [0.2, 0.25) is 0 Å². The molecule has 0 radical (unpaired) electrons. The summed E-state index contributed by atoms with van der Waals surface area (Å²) in [6.07, 6.45) is -5.23. The zero-order valence-electron chi connectivity index (χ0n) is 60.9. The van der Waals surface area contributed by atoms with Gasteiger partial charge < -0.3 is 95.3 Å². The van der Waals surface area contributed by atoms with Crippen LogP contribution in [0.5, 0.6) is 0 Å². The van der Waals surface area contributed by atoms with Crippen molar-refractivity contribution >= 4 is 116 Å². The molecule has 0 aliphatic carbocycles. The second-order valence-corrected chi connectivity index (χ2v) is 33.9. The molecule has 0 bridgehead atoms. The first-order chi connectivity index (χ1) is 49.4. The van der Waals surface area contributed by atoms with Gasteiger partial charge in [0.1, 0.15) is 89.8 Å². The molecule has 0 aromatic heterocycles.